The molecule has 3 aromatic rings. The van der Waals surface area contributed by atoms with E-state index in [-0.39, 0.29) is 17.4 Å². The Morgan fingerprint density at radius 2 is 2.14 bits per heavy atom. The van der Waals surface area contributed by atoms with Gasteiger partial charge in [0, 0.05) is 13.0 Å². The van der Waals surface area contributed by atoms with Crippen LogP contribution in [0, 0.1) is 5.92 Å². The lowest BCUT2D eigenvalue weighted by molar-refractivity contribution is -0.126. The zero-order chi connectivity index (χ0) is 19.5. The molecule has 2 aromatic carbocycles. The number of nitrogens with one attached hydrogen (secondary N) is 2. The summed E-state index contributed by atoms with van der Waals surface area (Å²) in [5, 5.41) is 3.47. The van der Waals surface area contributed by atoms with Crippen molar-refractivity contribution < 1.29 is 14.3 Å². The van der Waals surface area contributed by atoms with E-state index in [1.807, 2.05) is 24.3 Å². The second-order valence-corrected chi connectivity index (χ2v) is 6.73. The summed E-state index contributed by atoms with van der Waals surface area (Å²) in [4.78, 5) is 31.8. The van der Waals surface area contributed by atoms with Crippen LogP contribution in [-0.4, -0.2) is 36.1 Å². The molecule has 0 radical (unpaired) electrons. The highest BCUT2D eigenvalue weighted by Gasteiger charge is 2.27. The molecule has 1 aliphatic rings. The number of fused-ring (bicyclic) bond motifs is 2. The summed E-state index contributed by atoms with van der Waals surface area (Å²) in [6.07, 6.45) is 1.05. The number of aromatic nitrogens is 2. The third-order valence-electron chi connectivity index (χ3n) is 4.87. The van der Waals surface area contributed by atoms with Crippen molar-refractivity contribution in [2.75, 3.05) is 20.3 Å². The van der Waals surface area contributed by atoms with Crippen molar-refractivity contribution in [1.29, 1.82) is 0 Å². The number of hydrogen-bond acceptors (Lipinski definition) is 5. The van der Waals surface area contributed by atoms with Crippen LogP contribution in [0.4, 0.5) is 0 Å². The van der Waals surface area contributed by atoms with Gasteiger partial charge in [0.25, 0.3) is 5.56 Å². The number of aromatic amines is 1. The van der Waals surface area contributed by atoms with E-state index in [1.54, 1.807) is 25.3 Å². The average Bonchev–Trinajstić information content (AvgIpc) is 2.73. The molecule has 28 heavy (non-hydrogen) atoms. The predicted molar refractivity (Wildman–Crippen MR) is 105 cm³/mol. The Morgan fingerprint density at radius 1 is 1.29 bits per heavy atom. The van der Waals surface area contributed by atoms with Gasteiger partial charge in [-0.15, -0.1) is 0 Å². The van der Waals surface area contributed by atoms with E-state index in [2.05, 4.69) is 15.3 Å². The van der Waals surface area contributed by atoms with Crippen molar-refractivity contribution >= 4 is 16.8 Å². The van der Waals surface area contributed by atoms with Gasteiger partial charge in [-0.05, 0) is 30.2 Å². The molecule has 144 valence electrons. The van der Waals surface area contributed by atoms with Crippen molar-refractivity contribution in [2.24, 2.45) is 5.92 Å². The van der Waals surface area contributed by atoms with E-state index in [0.717, 1.165) is 5.56 Å². The number of carbonyl (C=O) groups excluding carboxylic acids is 1. The minimum absolute atomic E-state index is 0.0726. The first-order valence-electron chi connectivity index (χ1n) is 9.20. The molecule has 1 atom stereocenters. The standard InChI is InChI=1S/C21H21N3O4/c1-27-17-8-4-5-13-11-14(12-28-19(13)17)20(25)22-10-9-18-23-16-7-3-2-6-15(16)21(26)24-18/h2-8,14H,9-12H2,1H3,(H,22,25)(H,23,24,26). The molecule has 1 aliphatic heterocycles. The molecule has 1 aromatic heterocycles. The maximum atomic E-state index is 12.5. The van der Waals surface area contributed by atoms with Crippen molar-refractivity contribution in [3.8, 4) is 11.5 Å². The molecule has 0 bridgehead atoms. The second-order valence-electron chi connectivity index (χ2n) is 6.73. The molecule has 0 saturated heterocycles. The molecule has 0 spiro atoms. The third kappa shape index (κ3) is 3.55. The van der Waals surface area contributed by atoms with E-state index < -0.39 is 0 Å². The van der Waals surface area contributed by atoms with Crippen LogP contribution in [0.25, 0.3) is 10.9 Å². The summed E-state index contributed by atoms with van der Waals surface area (Å²) in [5.74, 6) is 1.62. The highest BCUT2D eigenvalue weighted by atomic mass is 16.5. The molecule has 4 rings (SSSR count). The second kappa shape index (κ2) is 7.72. The maximum Gasteiger partial charge on any atom is 0.258 e. The number of para-hydroxylation sites is 2. The lowest BCUT2D eigenvalue weighted by atomic mass is 9.95. The number of hydrogen-bond donors (Lipinski definition) is 2. The maximum absolute atomic E-state index is 12.5. The van der Waals surface area contributed by atoms with Gasteiger partial charge in [0.1, 0.15) is 12.4 Å². The quantitative estimate of drug-likeness (QED) is 0.706. The molecule has 7 nitrogen and oxygen atoms in total. The van der Waals surface area contributed by atoms with Gasteiger partial charge in [-0.25, -0.2) is 4.98 Å². The first-order chi connectivity index (χ1) is 13.7. The Labute approximate surface area is 161 Å². The minimum Gasteiger partial charge on any atom is -0.493 e. The third-order valence-corrected chi connectivity index (χ3v) is 4.87. The number of amides is 1. The molecule has 2 heterocycles. The predicted octanol–water partition coefficient (Wildman–Crippen LogP) is 1.84. The fraction of sp³-hybridized carbons (Fsp3) is 0.286. The Kier molecular flexibility index (Phi) is 4.97. The fourth-order valence-corrected chi connectivity index (χ4v) is 3.42. The summed E-state index contributed by atoms with van der Waals surface area (Å²) in [6, 6.07) is 12.9. The van der Waals surface area contributed by atoms with Crippen LogP contribution >= 0.6 is 0 Å². The van der Waals surface area contributed by atoms with Gasteiger partial charge in [-0.1, -0.05) is 24.3 Å². The number of carbonyl (C=O) groups is 1. The average molecular weight is 379 g/mol. The van der Waals surface area contributed by atoms with Crippen molar-refractivity contribution in [2.45, 2.75) is 12.8 Å². The van der Waals surface area contributed by atoms with Gasteiger partial charge in [-0.3, -0.25) is 9.59 Å². The molecule has 1 unspecified atom stereocenters. The summed E-state index contributed by atoms with van der Waals surface area (Å²) < 4.78 is 11.1. The Balaban J connectivity index is 1.37. The number of methoxy groups -OCH3 is 1. The smallest absolute Gasteiger partial charge is 0.258 e. The van der Waals surface area contributed by atoms with Crippen LogP contribution in [0.15, 0.2) is 47.3 Å². The van der Waals surface area contributed by atoms with Crippen molar-refractivity contribution in [1.82, 2.24) is 15.3 Å². The van der Waals surface area contributed by atoms with Gasteiger partial charge in [0.05, 0.1) is 23.9 Å². The normalized spacial score (nSPS) is 15.5. The van der Waals surface area contributed by atoms with Crippen LogP contribution in [-0.2, 0) is 17.6 Å². The SMILES string of the molecule is COc1cccc2c1OCC(C(=O)NCCc1nc3ccccc3c(=O)[nH]1)C2. The largest absolute Gasteiger partial charge is 0.493 e. The van der Waals surface area contributed by atoms with Gasteiger partial charge >= 0.3 is 0 Å². The van der Waals surface area contributed by atoms with Gasteiger partial charge in [0.15, 0.2) is 11.5 Å². The highest BCUT2D eigenvalue weighted by molar-refractivity contribution is 5.80. The van der Waals surface area contributed by atoms with Crippen LogP contribution < -0.4 is 20.3 Å². The van der Waals surface area contributed by atoms with Gasteiger partial charge in [0.2, 0.25) is 5.91 Å². The lowest BCUT2D eigenvalue weighted by Gasteiger charge is -2.25. The molecule has 2 N–H and O–H groups in total. The van der Waals surface area contributed by atoms with Crippen molar-refractivity contribution in [3.63, 3.8) is 0 Å². The number of H-pyrrole nitrogens is 1. The van der Waals surface area contributed by atoms with E-state index >= 15 is 0 Å². The van der Waals surface area contributed by atoms with E-state index in [4.69, 9.17) is 9.47 Å². The molecule has 7 heteroatoms. The Bertz CT molecular complexity index is 1080. The van der Waals surface area contributed by atoms with Crippen LogP contribution in [0.2, 0.25) is 0 Å². The number of benzene rings is 2. The number of ether oxygens (including phenoxy) is 2. The highest BCUT2D eigenvalue weighted by Crippen LogP contribution is 2.35. The summed E-state index contributed by atoms with van der Waals surface area (Å²) >= 11 is 0. The first-order valence-corrected chi connectivity index (χ1v) is 9.20. The van der Waals surface area contributed by atoms with Gasteiger partial charge in [-0.2, -0.15) is 0 Å². The van der Waals surface area contributed by atoms with Crippen LogP contribution in [0.5, 0.6) is 11.5 Å². The Morgan fingerprint density at radius 3 is 3.00 bits per heavy atom. The topological polar surface area (TPSA) is 93.3 Å². The summed E-state index contributed by atoms with van der Waals surface area (Å²) in [6.45, 7) is 0.700. The summed E-state index contributed by atoms with van der Waals surface area (Å²) in [5.41, 5.74) is 1.45. The first kappa shape index (κ1) is 18.0. The number of rotatable bonds is 5. The minimum atomic E-state index is -0.261. The molecular formula is C21H21N3O4. The molecule has 1 amide bonds. The molecule has 0 fully saturated rings. The monoisotopic (exact) mass is 379 g/mol. The van der Waals surface area contributed by atoms with Crippen LogP contribution in [0.1, 0.15) is 11.4 Å². The zero-order valence-corrected chi connectivity index (χ0v) is 15.5. The molecule has 0 aliphatic carbocycles. The van der Waals surface area contributed by atoms with E-state index in [1.165, 1.54) is 0 Å². The lowest BCUT2D eigenvalue weighted by Crippen LogP contribution is -2.38. The Hall–Kier alpha value is -3.35. The molecular weight excluding hydrogens is 358 g/mol. The van der Waals surface area contributed by atoms with Gasteiger partial charge < -0.3 is 19.8 Å². The fourth-order valence-electron chi connectivity index (χ4n) is 3.42. The van der Waals surface area contributed by atoms with E-state index in [0.29, 0.717) is 54.2 Å². The van der Waals surface area contributed by atoms with E-state index in [9.17, 15) is 9.59 Å². The zero-order valence-electron chi connectivity index (χ0n) is 15.5. The van der Waals surface area contributed by atoms with Crippen LogP contribution in [0.3, 0.4) is 0 Å². The summed E-state index contributed by atoms with van der Waals surface area (Å²) in [7, 11) is 1.60. The number of nitrogens with zero attached hydrogens (tertiary/aromatic N) is 1. The molecule has 0 saturated carbocycles. The van der Waals surface area contributed by atoms with Crippen molar-refractivity contribution in [3.05, 3.63) is 64.2 Å².